The van der Waals surface area contributed by atoms with Gasteiger partial charge in [-0.15, -0.1) is 0 Å². The molecule has 0 aliphatic rings. The van der Waals surface area contributed by atoms with Gasteiger partial charge >= 0.3 is 0 Å². The van der Waals surface area contributed by atoms with Gasteiger partial charge in [0.25, 0.3) is 5.91 Å². The van der Waals surface area contributed by atoms with Gasteiger partial charge in [0.15, 0.2) is 0 Å². The van der Waals surface area contributed by atoms with Gasteiger partial charge in [-0.3, -0.25) is 9.78 Å². The Hall–Kier alpha value is -2.36. The summed E-state index contributed by atoms with van der Waals surface area (Å²) in [5.41, 5.74) is 2.54. The van der Waals surface area contributed by atoms with Crippen molar-refractivity contribution in [3.63, 3.8) is 0 Å². The standard InChI is InChI=1S/C17H21N3O/c1-2-3-10-19-17(21)16-12-15(9-11-18-16)20-13-14-7-5-4-6-8-14/h4-9,11-12H,2-3,10,13H2,1H3,(H,18,20)(H,19,21). The maximum Gasteiger partial charge on any atom is 0.269 e. The summed E-state index contributed by atoms with van der Waals surface area (Å²) in [7, 11) is 0. The highest BCUT2D eigenvalue weighted by atomic mass is 16.1. The minimum absolute atomic E-state index is 0.119. The molecule has 2 rings (SSSR count). The van der Waals surface area contributed by atoms with Crippen LogP contribution in [0.1, 0.15) is 35.8 Å². The zero-order valence-electron chi connectivity index (χ0n) is 12.3. The molecule has 0 saturated carbocycles. The molecule has 0 fully saturated rings. The molecule has 1 aromatic heterocycles. The van der Waals surface area contributed by atoms with Crippen LogP contribution in [0.5, 0.6) is 0 Å². The Kier molecular flexibility index (Phi) is 5.76. The Morgan fingerprint density at radius 2 is 2.00 bits per heavy atom. The number of benzene rings is 1. The Morgan fingerprint density at radius 1 is 1.19 bits per heavy atom. The number of hydrogen-bond acceptors (Lipinski definition) is 3. The number of carbonyl (C=O) groups is 1. The smallest absolute Gasteiger partial charge is 0.269 e. The summed E-state index contributed by atoms with van der Waals surface area (Å²) in [5.74, 6) is -0.119. The summed E-state index contributed by atoms with van der Waals surface area (Å²) in [6.07, 6.45) is 3.70. The first-order chi connectivity index (χ1) is 10.3. The van der Waals surface area contributed by atoms with Crippen LogP contribution in [0.4, 0.5) is 5.69 Å². The van der Waals surface area contributed by atoms with E-state index >= 15 is 0 Å². The number of pyridine rings is 1. The third-order valence-corrected chi connectivity index (χ3v) is 3.15. The normalized spacial score (nSPS) is 10.1. The molecule has 0 radical (unpaired) electrons. The van der Waals surface area contributed by atoms with Gasteiger partial charge in [-0.2, -0.15) is 0 Å². The van der Waals surface area contributed by atoms with Crippen molar-refractivity contribution in [2.24, 2.45) is 0 Å². The van der Waals surface area contributed by atoms with Crippen LogP contribution < -0.4 is 10.6 Å². The zero-order valence-corrected chi connectivity index (χ0v) is 12.3. The SMILES string of the molecule is CCCCNC(=O)c1cc(NCc2ccccc2)ccn1. The Bertz CT molecular complexity index is 569. The maximum atomic E-state index is 11.9. The molecule has 2 N–H and O–H groups in total. The lowest BCUT2D eigenvalue weighted by Gasteiger charge is -2.08. The molecule has 0 unspecified atom stereocenters. The molecule has 4 heteroatoms. The molecule has 0 aliphatic heterocycles. The van der Waals surface area contributed by atoms with E-state index in [4.69, 9.17) is 0 Å². The number of unbranched alkanes of at least 4 members (excludes halogenated alkanes) is 1. The average Bonchev–Trinajstić information content (AvgIpc) is 2.54. The van der Waals surface area contributed by atoms with E-state index in [1.54, 1.807) is 12.3 Å². The molecule has 1 amide bonds. The van der Waals surface area contributed by atoms with Crippen molar-refractivity contribution in [3.05, 3.63) is 59.9 Å². The largest absolute Gasteiger partial charge is 0.381 e. The zero-order chi connectivity index (χ0) is 14.9. The quantitative estimate of drug-likeness (QED) is 0.767. The first-order valence-corrected chi connectivity index (χ1v) is 7.31. The molecule has 1 aromatic carbocycles. The van der Waals surface area contributed by atoms with Gasteiger partial charge in [-0.1, -0.05) is 43.7 Å². The monoisotopic (exact) mass is 283 g/mol. The van der Waals surface area contributed by atoms with Crippen LogP contribution in [0.2, 0.25) is 0 Å². The molecule has 0 atom stereocenters. The number of anilines is 1. The lowest BCUT2D eigenvalue weighted by molar-refractivity contribution is 0.0948. The molecule has 0 aliphatic carbocycles. The van der Waals surface area contributed by atoms with Crippen LogP contribution in [0.15, 0.2) is 48.7 Å². The van der Waals surface area contributed by atoms with E-state index in [0.717, 1.165) is 25.1 Å². The second kappa shape index (κ2) is 8.04. The molecular weight excluding hydrogens is 262 g/mol. The number of rotatable bonds is 7. The highest BCUT2D eigenvalue weighted by molar-refractivity contribution is 5.93. The molecule has 21 heavy (non-hydrogen) atoms. The molecule has 0 saturated heterocycles. The van der Waals surface area contributed by atoms with Crippen molar-refractivity contribution < 1.29 is 4.79 Å². The number of hydrogen-bond donors (Lipinski definition) is 2. The van der Waals surface area contributed by atoms with Crippen molar-refractivity contribution in [3.8, 4) is 0 Å². The predicted octanol–water partition coefficient (Wildman–Crippen LogP) is 3.22. The van der Waals surface area contributed by atoms with E-state index in [1.807, 2.05) is 24.3 Å². The van der Waals surface area contributed by atoms with E-state index < -0.39 is 0 Å². The highest BCUT2D eigenvalue weighted by Gasteiger charge is 2.06. The van der Waals surface area contributed by atoms with E-state index in [9.17, 15) is 4.79 Å². The summed E-state index contributed by atoms with van der Waals surface area (Å²) in [6.45, 7) is 3.51. The van der Waals surface area contributed by atoms with Gasteiger partial charge in [0.2, 0.25) is 0 Å². The minimum atomic E-state index is -0.119. The Balaban J connectivity index is 1.92. The van der Waals surface area contributed by atoms with Crippen molar-refractivity contribution >= 4 is 11.6 Å². The lowest BCUT2D eigenvalue weighted by Crippen LogP contribution is -2.25. The second-order valence-electron chi connectivity index (χ2n) is 4.88. The van der Waals surface area contributed by atoms with Gasteiger partial charge in [0.1, 0.15) is 5.69 Å². The molecule has 4 nitrogen and oxygen atoms in total. The van der Waals surface area contributed by atoms with Gasteiger partial charge in [-0.05, 0) is 24.1 Å². The van der Waals surface area contributed by atoms with Gasteiger partial charge < -0.3 is 10.6 Å². The summed E-state index contributed by atoms with van der Waals surface area (Å²) in [6, 6.07) is 13.8. The van der Waals surface area contributed by atoms with E-state index in [0.29, 0.717) is 12.2 Å². The minimum Gasteiger partial charge on any atom is -0.381 e. The molecule has 2 aromatic rings. The van der Waals surface area contributed by atoms with E-state index in [2.05, 4.69) is 34.7 Å². The topological polar surface area (TPSA) is 54.0 Å². The van der Waals surface area contributed by atoms with Gasteiger partial charge in [-0.25, -0.2) is 0 Å². The molecule has 0 spiro atoms. The highest BCUT2D eigenvalue weighted by Crippen LogP contribution is 2.10. The lowest BCUT2D eigenvalue weighted by atomic mass is 10.2. The molecule has 0 bridgehead atoms. The number of nitrogens with one attached hydrogen (secondary N) is 2. The fraction of sp³-hybridized carbons (Fsp3) is 0.294. The number of amides is 1. The van der Waals surface area contributed by atoms with Crippen LogP contribution in [0.3, 0.4) is 0 Å². The van der Waals surface area contributed by atoms with Gasteiger partial charge in [0, 0.05) is 25.0 Å². The van der Waals surface area contributed by atoms with Crippen LogP contribution in [-0.4, -0.2) is 17.4 Å². The maximum absolute atomic E-state index is 11.9. The third-order valence-electron chi connectivity index (χ3n) is 3.15. The Morgan fingerprint density at radius 3 is 2.76 bits per heavy atom. The number of carbonyl (C=O) groups excluding carboxylic acids is 1. The number of aromatic nitrogens is 1. The fourth-order valence-corrected chi connectivity index (χ4v) is 1.93. The van der Waals surface area contributed by atoms with Crippen LogP contribution in [0.25, 0.3) is 0 Å². The summed E-state index contributed by atoms with van der Waals surface area (Å²) in [5, 5.41) is 6.18. The second-order valence-corrected chi connectivity index (χ2v) is 4.88. The van der Waals surface area contributed by atoms with Crippen molar-refractivity contribution in [1.82, 2.24) is 10.3 Å². The average molecular weight is 283 g/mol. The van der Waals surface area contributed by atoms with Crippen LogP contribution >= 0.6 is 0 Å². The van der Waals surface area contributed by atoms with E-state index in [-0.39, 0.29) is 5.91 Å². The molecular formula is C17H21N3O. The fourth-order valence-electron chi connectivity index (χ4n) is 1.93. The Labute approximate surface area is 125 Å². The van der Waals surface area contributed by atoms with E-state index in [1.165, 1.54) is 5.56 Å². The number of nitrogens with zero attached hydrogens (tertiary/aromatic N) is 1. The van der Waals surface area contributed by atoms with Crippen molar-refractivity contribution in [1.29, 1.82) is 0 Å². The van der Waals surface area contributed by atoms with Crippen LogP contribution in [-0.2, 0) is 6.54 Å². The molecule has 110 valence electrons. The predicted molar refractivity (Wildman–Crippen MR) is 85.2 cm³/mol. The first-order valence-electron chi connectivity index (χ1n) is 7.31. The first kappa shape index (κ1) is 15.0. The third kappa shape index (κ3) is 4.91. The van der Waals surface area contributed by atoms with Gasteiger partial charge in [0.05, 0.1) is 0 Å². The summed E-state index contributed by atoms with van der Waals surface area (Å²) < 4.78 is 0. The molecule has 1 heterocycles. The van der Waals surface area contributed by atoms with Crippen molar-refractivity contribution in [2.45, 2.75) is 26.3 Å². The van der Waals surface area contributed by atoms with Crippen molar-refractivity contribution in [2.75, 3.05) is 11.9 Å². The summed E-state index contributed by atoms with van der Waals surface area (Å²) in [4.78, 5) is 16.1. The summed E-state index contributed by atoms with van der Waals surface area (Å²) >= 11 is 0. The van der Waals surface area contributed by atoms with Crippen LogP contribution in [0, 0.1) is 0 Å².